The molecule has 13 heteroatoms. The summed E-state index contributed by atoms with van der Waals surface area (Å²) in [5.74, 6) is -3.19. The Kier molecular flexibility index (Phi) is 12.3. The van der Waals surface area contributed by atoms with E-state index in [1.54, 1.807) is 43.3 Å². The average molecular weight is 767 g/mol. The third-order valence-corrected chi connectivity index (χ3v) is 12.2. The Morgan fingerprint density at radius 2 is 1.38 bits per heavy atom. The molecule has 0 radical (unpaired) electrons. The van der Waals surface area contributed by atoms with Crippen LogP contribution in [0.15, 0.2) is 95.9 Å². The molecule has 4 aromatic carbocycles. The lowest BCUT2D eigenvalue weighted by atomic mass is 9.79. The summed E-state index contributed by atoms with van der Waals surface area (Å²) >= 11 is 0. The van der Waals surface area contributed by atoms with E-state index in [9.17, 15) is 32.7 Å². The number of carbonyl (C=O) groups is 4. The van der Waals surface area contributed by atoms with Crippen LogP contribution in [-0.4, -0.2) is 61.5 Å². The largest absolute Gasteiger partial charge is 0.481 e. The molecule has 0 spiro atoms. The number of aliphatic carboxylic acids is 1. The van der Waals surface area contributed by atoms with Gasteiger partial charge in [-0.3, -0.25) is 14.4 Å². The van der Waals surface area contributed by atoms with Crippen molar-refractivity contribution in [3.63, 3.8) is 0 Å². The molecule has 288 valence electrons. The summed E-state index contributed by atoms with van der Waals surface area (Å²) in [4.78, 5) is 52.0. The fraction of sp³-hybridized carbons (Fsp3) is 0.333. The van der Waals surface area contributed by atoms with E-state index in [-0.39, 0.29) is 33.2 Å². The Morgan fingerprint density at radius 3 is 2.00 bits per heavy atom. The third-order valence-electron chi connectivity index (χ3n) is 10.7. The molecule has 1 aliphatic heterocycles. The van der Waals surface area contributed by atoms with Crippen molar-refractivity contribution < 1.29 is 37.8 Å². The van der Waals surface area contributed by atoms with Gasteiger partial charge in [-0.05, 0) is 136 Å². The normalized spacial score (nSPS) is 17.7. The van der Waals surface area contributed by atoms with Crippen LogP contribution in [0.4, 0.5) is 17.1 Å². The van der Waals surface area contributed by atoms with Crippen molar-refractivity contribution in [3.05, 3.63) is 119 Å². The van der Waals surface area contributed by atoms with Crippen LogP contribution >= 0.6 is 0 Å². The maximum Gasteiger partial charge on any atom is 0.335 e. The standard InChI is InChI=1S/C42H46N4O8S/c1-27(30-15-17-32(18-16-30)42(51)52)45-55(53,54)36-6-4-5-33(25-36)39(47)44-38-22-21-35(46-23-2-3-24-46)26-37(38)40(48)43-34-19-11-29(12-20-34)8-7-28-9-13-31(14-10-28)41(49)50/h4-6,9-14,19-22,25-27,30,32,45H,2-3,7-8,15-18,23-24H2,1H3,(H,43,48)(H,44,47)(H,49,50)(H,51,52). The van der Waals surface area contributed by atoms with Crippen LogP contribution in [0.25, 0.3) is 0 Å². The first kappa shape index (κ1) is 39.2. The van der Waals surface area contributed by atoms with Gasteiger partial charge in [0.05, 0.1) is 27.6 Å². The second kappa shape index (κ2) is 17.3. The number of hydrogen-bond acceptors (Lipinski definition) is 7. The van der Waals surface area contributed by atoms with Gasteiger partial charge in [-0.1, -0.05) is 30.3 Å². The highest BCUT2D eigenvalue weighted by molar-refractivity contribution is 7.89. The van der Waals surface area contributed by atoms with Gasteiger partial charge < -0.3 is 25.7 Å². The second-order valence-electron chi connectivity index (χ2n) is 14.4. The van der Waals surface area contributed by atoms with Crippen LogP contribution in [0.2, 0.25) is 0 Å². The number of aromatic carboxylic acids is 1. The van der Waals surface area contributed by atoms with E-state index in [1.165, 1.54) is 24.3 Å². The van der Waals surface area contributed by atoms with Crippen molar-refractivity contribution in [1.29, 1.82) is 0 Å². The molecule has 1 atom stereocenters. The second-order valence-corrected chi connectivity index (χ2v) is 16.1. The lowest BCUT2D eigenvalue weighted by Crippen LogP contribution is -2.40. The summed E-state index contributed by atoms with van der Waals surface area (Å²) in [7, 11) is -4.00. The molecule has 12 nitrogen and oxygen atoms in total. The quantitative estimate of drug-likeness (QED) is 0.0919. The highest BCUT2D eigenvalue weighted by atomic mass is 32.2. The first-order chi connectivity index (χ1) is 26.4. The van der Waals surface area contributed by atoms with Gasteiger partial charge in [-0.15, -0.1) is 0 Å². The maximum absolute atomic E-state index is 13.8. The number of carboxylic acid groups (broad SMARTS) is 2. The number of amides is 2. The van der Waals surface area contributed by atoms with Crippen molar-refractivity contribution in [2.45, 2.75) is 69.2 Å². The summed E-state index contributed by atoms with van der Waals surface area (Å²) in [5.41, 5.74) is 4.35. The van der Waals surface area contributed by atoms with Crippen molar-refractivity contribution in [2.24, 2.45) is 11.8 Å². The Bertz CT molecular complexity index is 2140. The number of aryl methyl sites for hydroxylation is 2. The first-order valence-electron chi connectivity index (χ1n) is 18.6. The summed E-state index contributed by atoms with van der Waals surface area (Å²) in [6, 6.07) is 24.9. The molecule has 2 amide bonds. The number of nitrogens with zero attached hydrogens (tertiary/aromatic N) is 1. The highest BCUT2D eigenvalue weighted by Crippen LogP contribution is 2.32. The van der Waals surface area contributed by atoms with Gasteiger partial charge in [0.2, 0.25) is 10.0 Å². The monoisotopic (exact) mass is 766 g/mol. The summed E-state index contributed by atoms with van der Waals surface area (Å²) in [5, 5.41) is 24.2. The molecule has 1 unspecified atom stereocenters. The Hall–Kier alpha value is -5.53. The summed E-state index contributed by atoms with van der Waals surface area (Å²) in [6.07, 6.45) is 5.74. The molecule has 5 N–H and O–H groups in total. The lowest BCUT2D eigenvalue weighted by molar-refractivity contribution is -0.143. The molecule has 1 aliphatic carbocycles. The predicted molar refractivity (Wildman–Crippen MR) is 210 cm³/mol. The minimum Gasteiger partial charge on any atom is -0.481 e. The molecule has 2 fully saturated rings. The van der Waals surface area contributed by atoms with Crippen LogP contribution in [-0.2, 0) is 27.7 Å². The van der Waals surface area contributed by atoms with Crippen molar-refractivity contribution in [1.82, 2.24) is 4.72 Å². The number of benzene rings is 4. The summed E-state index contributed by atoms with van der Waals surface area (Å²) in [6.45, 7) is 3.49. The van der Waals surface area contributed by atoms with Crippen LogP contribution in [0.1, 0.15) is 87.6 Å². The molecule has 4 aromatic rings. The van der Waals surface area contributed by atoms with E-state index in [1.807, 2.05) is 30.3 Å². The van der Waals surface area contributed by atoms with Crippen LogP contribution in [0, 0.1) is 11.8 Å². The molecule has 1 saturated carbocycles. The van der Waals surface area contributed by atoms with Gasteiger partial charge in [0.25, 0.3) is 11.8 Å². The molecule has 6 rings (SSSR count). The van der Waals surface area contributed by atoms with E-state index in [4.69, 9.17) is 5.11 Å². The molecule has 0 aromatic heterocycles. The molecular formula is C42H46N4O8S. The number of carbonyl (C=O) groups excluding carboxylic acids is 2. The van der Waals surface area contributed by atoms with Crippen LogP contribution in [0.3, 0.4) is 0 Å². The third kappa shape index (κ3) is 9.97. The van der Waals surface area contributed by atoms with E-state index in [0.717, 1.165) is 55.6 Å². The van der Waals surface area contributed by atoms with Gasteiger partial charge in [-0.25, -0.2) is 17.9 Å². The van der Waals surface area contributed by atoms with E-state index < -0.39 is 45.7 Å². The van der Waals surface area contributed by atoms with Crippen molar-refractivity contribution in [3.8, 4) is 0 Å². The minimum atomic E-state index is -4.00. The topological polar surface area (TPSA) is 182 Å². The molecule has 1 heterocycles. The van der Waals surface area contributed by atoms with Gasteiger partial charge in [0.1, 0.15) is 0 Å². The molecule has 1 saturated heterocycles. The zero-order chi connectivity index (χ0) is 39.1. The maximum atomic E-state index is 13.8. The van der Waals surface area contributed by atoms with E-state index in [0.29, 0.717) is 31.4 Å². The van der Waals surface area contributed by atoms with Crippen LogP contribution < -0.4 is 20.3 Å². The number of nitrogens with one attached hydrogen (secondary N) is 3. The molecular weight excluding hydrogens is 721 g/mol. The number of hydrogen-bond donors (Lipinski definition) is 5. The lowest BCUT2D eigenvalue weighted by Gasteiger charge is -2.30. The fourth-order valence-corrected chi connectivity index (χ4v) is 8.69. The Labute approximate surface area is 321 Å². The number of sulfonamides is 1. The van der Waals surface area contributed by atoms with Crippen molar-refractivity contribution in [2.75, 3.05) is 28.6 Å². The number of rotatable bonds is 14. The Balaban J connectivity index is 1.13. The number of anilines is 3. The minimum absolute atomic E-state index is 0.000250. The number of carboxylic acids is 2. The van der Waals surface area contributed by atoms with Crippen LogP contribution in [0.5, 0.6) is 0 Å². The zero-order valence-electron chi connectivity index (χ0n) is 30.7. The Morgan fingerprint density at radius 1 is 0.745 bits per heavy atom. The smallest absolute Gasteiger partial charge is 0.335 e. The molecule has 55 heavy (non-hydrogen) atoms. The summed E-state index contributed by atoms with van der Waals surface area (Å²) < 4.78 is 29.5. The van der Waals surface area contributed by atoms with Gasteiger partial charge in [0, 0.05) is 36.1 Å². The average Bonchev–Trinajstić information content (AvgIpc) is 3.73. The molecule has 2 aliphatic rings. The first-order valence-corrected chi connectivity index (χ1v) is 20.1. The van der Waals surface area contributed by atoms with Gasteiger partial charge >= 0.3 is 11.9 Å². The van der Waals surface area contributed by atoms with Gasteiger partial charge in [-0.2, -0.15) is 0 Å². The van der Waals surface area contributed by atoms with E-state index in [2.05, 4.69) is 20.3 Å². The fourth-order valence-electron chi connectivity index (χ4n) is 7.33. The molecule has 0 bridgehead atoms. The SMILES string of the molecule is CC(NS(=O)(=O)c1cccc(C(=O)Nc2ccc(N3CCCC3)cc2C(=O)Nc2ccc(CCc3ccc(C(=O)O)cc3)cc2)c1)C1CCC(C(=O)O)CC1. The van der Waals surface area contributed by atoms with Crippen molar-refractivity contribution >= 4 is 50.8 Å². The van der Waals surface area contributed by atoms with Gasteiger partial charge in [0.15, 0.2) is 0 Å². The highest BCUT2D eigenvalue weighted by Gasteiger charge is 2.31. The zero-order valence-corrected chi connectivity index (χ0v) is 31.5. The van der Waals surface area contributed by atoms with E-state index >= 15 is 0 Å². The predicted octanol–water partition coefficient (Wildman–Crippen LogP) is 6.83.